The van der Waals surface area contributed by atoms with Crippen molar-refractivity contribution < 1.29 is 24.2 Å². The van der Waals surface area contributed by atoms with Gasteiger partial charge in [0.05, 0.1) is 16.1 Å². The van der Waals surface area contributed by atoms with Gasteiger partial charge >= 0.3 is 5.97 Å². The summed E-state index contributed by atoms with van der Waals surface area (Å²) in [6.45, 7) is 0.830. The van der Waals surface area contributed by atoms with Crippen molar-refractivity contribution in [2.45, 2.75) is 12.0 Å². The molecule has 0 fully saturated rings. The molecule has 0 saturated heterocycles. The number of fused-ring (bicyclic) bond motifs is 2. The van der Waals surface area contributed by atoms with Crippen molar-refractivity contribution in [3.63, 3.8) is 0 Å². The second-order valence-corrected chi connectivity index (χ2v) is 8.34. The lowest BCUT2D eigenvalue weighted by molar-refractivity contribution is -0.139. The second kappa shape index (κ2) is 8.04. The van der Waals surface area contributed by atoms with Crippen molar-refractivity contribution in [2.24, 2.45) is 0 Å². The molecule has 162 valence electrons. The van der Waals surface area contributed by atoms with E-state index in [2.05, 4.69) is 0 Å². The zero-order chi connectivity index (χ0) is 22.4. The lowest BCUT2D eigenvalue weighted by Crippen LogP contribution is -2.45. The maximum Gasteiger partial charge on any atom is 0.313 e. The quantitative estimate of drug-likeness (QED) is 0.560. The molecular formula is C24H17Cl2NO5. The summed E-state index contributed by atoms with van der Waals surface area (Å²) in [6.07, 6.45) is 0. The number of anilines is 1. The van der Waals surface area contributed by atoms with E-state index in [0.29, 0.717) is 52.1 Å². The van der Waals surface area contributed by atoms with Crippen LogP contribution >= 0.6 is 23.2 Å². The van der Waals surface area contributed by atoms with E-state index in [0.717, 1.165) is 0 Å². The molecule has 3 aromatic carbocycles. The van der Waals surface area contributed by atoms with Gasteiger partial charge in [-0.2, -0.15) is 0 Å². The third kappa shape index (κ3) is 3.36. The van der Waals surface area contributed by atoms with Crippen LogP contribution in [0.25, 0.3) is 0 Å². The van der Waals surface area contributed by atoms with Gasteiger partial charge in [-0.25, -0.2) is 0 Å². The number of halogens is 2. The maximum atomic E-state index is 13.7. The summed E-state index contributed by atoms with van der Waals surface area (Å²) >= 11 is 12.3. The molecule has 32 heavy (non-hydrogen) atoms. The average molecular weight is 470 g/mol. The summed E-state index contributed by atoms with van der Waals surface area (Å²) in [7, 11) is 0. The van der Waals surface area contributed by atoms with Gasteiger partial charge in [-0.3, -0.25) is 14.5 Å². The Labute approximate surface area is 193 Å². The Morgan fingerprint density at radius 3 is 2.44 bits per heavy atom. The van der Waals surface area contributed by atoms with Crippen LogP contribution in [0.1, 0.15) is 33.4 Å². The van der Waals surface area contributed by atoms with Crippen LogP contribution in [0, 0.1) is 0 Å². The first-order chi connectivity index (χ1) is 15.5. The summed E-state index contributed by atoms with van der Waals surface area (Å²) in [5.41, 5.74) is 1.85. The fourth-order valence-corrected chi connectivity index (χ4v) is 4.60. The maximum absolute atomic E-state index is 13.7. The molecule has 0 spiro atoms. The number of aliphatic carboxylic acids is 1. The molecule has 5 rings (SSSR count). The topological polar surface area (TPSA) is 76.1 Å². The van der Waals surface area contributed by atoms with Crippen LogP contribution in [-0.2, 0) is 4.79 Å². The van der Waals surface area contributed by atoms with Crippen LogP contribution in [0.2, 0.25) is 10.0 Å². The van der Waals surface area contributed by atoms with Gasteiger partial charge in [0, 0.05) is 11.3 Å². The first-order valence-corrected chi connectivity index (χ1v) is 10.7. The molecule has 2 heterocycles. The Kier molecular flexibility index (Phi) is 5.19. The highest BCUT2D eigenvalue weighted by Gasteiger charge is 2.45. The molecule has 0 radical (unpaired) electrons. The van der Waals surface area contributed by atoms with Crippen molar-refractivity contribution in [1.29, 1.82) is 0 Å². The summed E-state index contributed by atoms with van der Waals surface area (Å²) in [5, 5.41) is 10.9. The SMILES string of the molecule is O=C(O)C1c2ccccc2C(=O)N(c2ccc(Cl)c(Cl)c2)C1c1ccc2c(c1)OCCO2. The van der Waals surface area contributed by atoms with Gasteiger partial charge in [-0.1, -0.05) is 47.5 Å². The van der Waals surface area contributed by atoms with E-state index in [4.69, 9.17) is 32.7 Å². The third-order valence-corrected chi connectivity index (χ3v) is 6.43. The standard InChI is InChI=1S/C24H17Cl2NO5/c25-17-7-6-14(12-18(17)26)27-22(13-5-8-19-20(11-13)32-10-9-31-19)21(24(29)30)15-3-1-2-4-16(15)23(27)28/h1-8,11-12,21-22H,9-10H2,(H,29,30). The fraction of sp³-hybridized carbons (Fsp3) is 0.167. The van der Waals surface area contributed by atoms with Crippen LogP contribution in [-0.4, -0.2) is 30.2 Å². The molecule has 1 N–H and O–H groups in total. The normalized spacial score (nSPS) is 19.4. The molecule has 0 bridgehead atoms. The zero-order valence-electron chi connectivity index (χ0n) is 16.6. The molecule has 1 amide bonds. The lowest BCUT2D eigenvalue weighted by atomic mass is 9.79. The highest BCUT2D eigenvalue weighted by Crippen LogP contribution is 2.47. The smallest absolute Gasteiger partial charge is 0.313 e. The van der Waals surface area contributed by atoms with E-state index in [1.165, 1.54) is 4.90 Å². The predicted octanol–water partition coefficient (Wildman–Crippen LogP) is 5.33. The van der Waals surface area contributed by atoms with Crippen molar-refractivity contribution >= 4 is 40.8 Å². The zero-order valence-corrected chi connectivity index (χ0v) is 18.1. The molecule has 3 aromatic rings. The first kappa shape index (κ1) is 20.7. The number of carbonyl (C=O) groups excluding carboxylic acids is 1. The number of carboxylic acid groups (broad SMARTS) is 1. The Morgan fingerprint density at radius 1 is 0.938 bits per heavy atom. The number of benzene rings is 3. The third-order valence-electron chi connectivity index (χ3n) is 5.69. The minimum absolute atomic E-state index is 0.267. The number of amides is 1. The number of hydrogen-bond acceptors (Lipinski definition) is 4. The molecule has 2 unspecified atom stereocenters. The van der Waals surface area contributed by atoms with Gasteiger partial charge < -0.3 is 14.6 Å². The van der Waals surface area contributed by atoms with E-state index >= 15 is 0 Å². The average Bonchev–Trinajstić information content (AvgIpc) is 2.80. The van der Waals surface area contributed by atoms with Crippen molar-refractivity contribution in [3.05, 3.63) is 87.4 Å². The minimum atomic E-state index is -1.05. The van der Waals surface area contributed by atoms with E-state index in [9.17, 15) is 14.7 Å². The number of hydrogen-bond donors (Lipinski definition) is 1. The van der Waals surface area contributed by atoms with Crippen LogP contribution in [0.4, 0.5) is 5.69 Å². The Morgan fingerprint density at radius 2 is 1.69 bits per heavy atom. The summed E-state index contributed by atoms with van der Waals surface area (Å²) in [5.74, 6) is -1.29. The van der Waals surface area contributed by atoms with Gasteiger partial charge in [-0.15, -0.1) is 0 Å². The van der Waals surface area contributed by atoms with E-state index < -0.39 is 17.9 Å². The van der Waals surface area contributed by atoms with Crippen molar-refractivity contribution in [3.8, 4) is 11.5 Å². The van der Waals surface area contributed by atoms with E-state index in [-0.39, 0.29) is 10.9 Å². The van der Waals surface area contributed by atoms with Gasteiger partial charge in [0.1, 0.15) is 19.1 Å². The highest BCUT2D eigenvalue weighted by atomic mass is 35.5. The molecule has 2 aliphatic rings. The molecular weight excluding hydrogens is 453 g/mol. The number of ether oxygens (including phenoxy) is 2. The number of rotatable bonds is 3. The Hall–Kier alpha value is -3.22. The number of nitrogens with zero attached hydrogens (tertiary/aromatic N) is 1. The Balaban J connectivity index is 1.74. The second-order valence-electron chi connectivity index (χ2n) is 7.52. The van der Waals surface area contributed by atoms with E-state index in [1.54, 1.807) is 60.7 Å². The lowest BCUT2D eigenvalue weighted by Gasteiger charge is -2.41. The predicted molar refractivity (Wildman–Crippen MR) is 120 cm³/mol. The molecule has 6 nitrogen and oxygen atoms in total. The number of carboxylic acids is 1. The van der Waals surface area contributed by atoms with Gasteiger partial charge in [0.2, 0.25) is 0 Å². The van der Waals surface area contributed by atoms with Gasteiger partial charge in [-0.05, 0) is 47.5 Å². The molecule has 0 aliphatic carbocycles. The van der Waals surface area contributed by atoms with Crippen LogP contribution in [0.3, 0.4) is 0 Å². The van der Waals surface area contributed by atoms with Gasteiger partial charge in [0.25, 0.3) is 5.91 Å². The Bertz CT molecular complexity index is 1240. The van der Waals surface area contributed by atoms with Gasteiger partial charge in [0.15, 0.2) is 11.5 Å². The van der Waals surface area contributed by atoms with Crippen molar-refractivity contribution in [2.75, 3.05) is 18.1 Å². The number of carbonyl (C=O) groups is 2. The van der Waals surface area contributed by atoms with E-state index in [1.807, 2.05) is 0 Å². The molecule has 2 aliphatic heterocycles. The fourth-order valence-electron chi connectivity index (χ4n) is 4.30. The highest BCUT2D eigenvalue weighted by molar-refractivity contribution is 6.42. The first-order valence-electron chi connectivity index (χ1n) is 9.95. The van der Waals surface area contributed by atoms with Crippen LogP contribution in [0.5, 0.6) is 11.5 Å². The molecule has 0 aromatic heterocycles. The minimum Gasteiger partial charge on any atom is -0.486 e. The summed E-state index contributed by atoms with van der Waals surface area (Å²) in [6, 6.07) is 16.0. The van der Waals surface area contributed by atoms with Crippen molar-refractivity contribution in [1.82, 2.24) is 0 Å². The molecule has 0 saturated carbocycles. The molecule has 2 atom stereocenters. The summed E-state index contributed by atoms with van der Waals surface area (Å²) in [4.78, 5) is 27.7. The summed E-state index contributed by atoms with van der Waals surface area (Å²) < 4.78 is 11.3. The van der Waals surface area contributed by atoms with Crippen LogP contribution < -0.4 is 14.4 Å². The molecule has 8 heteroatoms. The monoisotopic (exact) mass is 469 g/mol. The largest absolute Gasteiger partial charge is 0.486 e. The van der Waals surface area contributed by atoms with Crippen LogP contribution in [0.15, 0.2) is 60.7 Å².